The summed E-state index contributed by atoms with van der Waals surface area (Å²) in [4.78, 5) is 26.0. The number of nitrogens with one attached hydrogen (secondary N) is 1. The monoisotopic (exact) mass is 356 g/mol. The molecule has 1 aliphatic rings. The molecule has 0 aliphatic carbocycles. The first-order chi connectivity index (χ1) is 11.2. The minimum Gasteiger partial charge on any atom is -0.461 e. The second-order valence-corrected chi connectivity index (χ2v) is 5.38. The number of piperazine rings is 1. The van der Waals surface area contributed by atoms with Gasteiger partial charge in [-0.25, -0.2) is 0 Å². The maximum atomic E-state index is 12.3. The summed E-state index contributed by atoms with van der Waals surface area (Å²) in [5, 5.41) is 3.09. The molecule has 1 aromatic rings. The fourth-order valence-electron chi connectivity index (χ4n) is 2.46. The Morgan fingerprint density at radius 2 is 2.08 bits per heavy atom. The molecule has 7 heteroatoms. The van der Waals surface area contributed by atoms with E-state index >= 15 is 0 Å². The van der Waals surface area contributed by atoms with Crippen LogP contribution in [0.15, 0.2) is 30.3 Å². The summed E-state index contributed by atoms with van der Waals surface area (Å²) < 4.78 is 10.5. The lowest BCUT2D eigenvalue weighted by Gasteiger charge is -2.32. The number of benzene rings is 1. The van der Waals surface area contributed by atoms with E-state index in [0.717, 1.165) is 5.56 Å². The van der Waals surface area contributed by atoms with E-state index in [1.54, 1.807) is 4.90 Å². The van der Waals surface area contributed by atoms with Crippen molar-refractivity contribution in [3.05, 3.63) is 35.9 Å². The van der Waals surface area contributed by atoms with Crippen molar-refractivity contribution >= 4 is 24.3 Å². The first kappa shape index (κ1) is 20.4. The first-order valence-electron chi connectivity index (χ1n) is 8.00. The van der Waals surface area contributed by atoms with Crippen molar-refractivity contribution in [2.24, 2.45) is 0 Å². The van der Waals surface area contributed by atoms with Crippen molar-refractivity contribution in [3.8, 4) is 0 Å². The Labute approximate surface area is 148 Å². The Bertz CT molecular complexity index is 513. The topological polar surface area (TPSA) is 67.9 Å². The average molecular weight is 357 g/mol. The van der Waals surface area contributed by atoms with Crippen LogP contribution in [-0.2, 0) is 25.7 Å². The zero-order valence-electron chi connectivity index (χ0n) is 13.9. The van der Waals surface area contributed by atoms with Crippen molar-refractivity contribution in [2.75, 3.05) is 32.8 Å². The van der Waals surface area contributed by atoms with Gasteiger partial charge in [0.1, 0.15) is 6.61 Å². The molecule has 134 valence electrons. The highest BCUT2D eigenvalue weighted by atomic mass is 35.5. The van der Waals surface area contributed by atoms with Crippen molar-refractivity contribution < 1.29 is 19.1 Å². The van der Waals surface area contributed by atoms with Gasteiger partial charge in [-0.05, 0) is 12.5 Å². The van der Waals surface area contributed by atoms with Crippen LogP contribution in [0.2, 0.25) is 0 Å². The third-order valence-electron chi connectivity index (χ3n) is 3.71. The lowest BCUT2D eigenvalue weighted by molar-refractivity contribution is -0.149. The minimum absolute atomic E-state index is 0. The van der Waals surface area contributed by atoms with Crippen LogP contribution in [-0.4, -0.2) is 55.7 Å². The molecule has 1 N–H and O–H groups in total. The number of hydrogen-bond donors (Lipinski definition) is 1. The largest absolute Gasteiger partial charge is 0.461 e. The fraction of sp³-hybridized carbons (Fsp3) is 0.529. The van der Waals surface area contributed by atoms with Gasteiger partial charge in [-0.2, -0.15) is 0 Å². The molecule has 0 radical (unpaired) electrons. The number of ether oxygens (including phenoxy) is 2. The molecule has 24 heavy (non-hydrogen) atoms. The van der Waals surface area contributed by atoms with E-state index in [0.29, 0.717) is 32.8 Å². The van der Waals surface area contributed by atoms with Crippen LogP contribution in [0.1, 0.15) is 18.9 Å². The zero-order valence-corrected chi connectivity index (χ0v) is 14.7. The van der Waals surface area contributed by atoms with Gasteiger partial charge in [0, 0.05) is 26.2 Å². The number of rotatable bonds is 8. The summed E-state index contributed by atoms with van der Waals surface area (Å²) >= 11 is 0. The number of hydrogen-bond acceptors (Lipinski definition) is 5. The predicted octanol–water partition coefficient (Wildman–Crippen LogP) is 1.38. The van der Waals surface area contributed by atoms with Crippen LogP contribution < -0.4 is 5.32 Å². The summed E-state index contributed by atoms with van der Waals surface area (Å²) in [6.07, 6.45) is 0.0524. The van der Waals surface area contributed by atoms with Gasteiger partial charge in [-0.3, -0.25) is 9.59 Å². The maximum absolute atomic E-state index is 12.3. The van der Waals surface area contributed by atoms with E-state index in [-0.39, 0.29) is 37.3 Å². The number of esters is 1. The molecule has 1 aliphatic heterocycles. The number of halogens is 1. The van der Waals surface area contributed by atoms with Crippen molar-refractivity contribution in [1.29, 1.82) is 0 Å². The third-order valence-corrected chi connectivity index (χ3v) is 3.71. The summed E-state index contributed by atoms with van der Waals surface area (Å²) in [5.41, 5.74) is 0.933. The molecule has 0 aromatic heterocycles. The van der Waals surface area contributed by atoms with Gasteiger partial charge < -0.3 is 19.7 Å². The second kappa shape index (κ2) is 11.0. The second-order valence-electron chi connectivity index (χ2n) is 5.38. The molecule has 1 fully saturated rings. The standard InChI is InChI=1S/C17H24N2O4.ClH/c1-2-22-11-10-19-9-8-18-15(17(19)21)12-16(20)23-13-14-6-4-3-5-7-14;/h3-7,15,18H,2,8-13H2,1H3;1H. The van der Waals surface area contributed by atoms with Crippen molar-refractivity contribution in [2.45, 2.75) is 26.0 Å². The van der Waals surface area contributed by atoms with Crippen LogP contribution in [0.5, 0.6) is 0 Å². The van der Waals surface area contributed by atoms with E-state index in [1.165, 1.54) is 0 Å². The molecule has 0 saturated carbocycles. The maximum Gasteiger partial charge on any atom is 0.308 e. The lowest BCUT2D eigenvalue weighted by Crippen LogP contribution is -2.56. The minimum atomic E-state index is -0.506. The zero-order chi connectivity index (χ0) is 16.5. The van der Waals surface area contributed by atoms with Crippen LogP contribution >= 0.6 is 12.4 Å². The summed E-state index contributed by atoms with van der Waals surface area (Å²) in [6.45, 7) is 5.18. The van der Waals surface area contributed by atoms with Gasteiger partial charge in [-0.15, -0.1) is 12.4 Å². The highest BCUT2D eigenvalue weighted by Gasteiger charge is 2.30. The number of carbonyl (C=O) groups excluding carboxylic acids is 2. The molecule has 0 bridgehead atoms. The van der Waals surface area contributed by atoms with Gasteiger partial charge in [0.25, 0.3) is 0 Å². The normalized spacial score (nSPS) is 17.3. The van der Waals surface area contributed by atoms with Crippen molar-refractivity contribution in [3.63, 3.8) is 0 Å². The Hall–Kier alpha value is -1.63. The van der Waals surface area contributed by atoms with Gasteiger partial charge in [-0.1, -0.05) is 30.3 Å². The van der Waals surface area contributed by atoms with Crippen LogP contribution in [0.25, 0.3) is 0 Å². The Morgan fingerprint density at radius 1 is 1.33 bits per heavy atom. The van der Waals surface area contributed by atoms with Crippen LogP contribution in [0, 0.1) is 0 Å². The Kier molecular flexibility index (Phi) is 9.37. The lowest BCUT2D eigenvalue weighted by atomic mass is 10.1. The molecule has 1 unspecified atom stereocenters. The van der Waals surface area contributed by atoms with E-state index in [9.17, 15) is 9.59 Å². The third kappa shape index (κ3) is 6.47. The smallest absolute Gasteiger partial charge is 0.308 e. The Morgan fingerprint density at radius 3 is 2.79 bits per heavy atom. The van der Waals surface area contributed by atoms with Crippen molar-refractivity contribution in [1.82, 2.24) is 10.2 Å². The van der Waals surface area contributed by atoms with E-state index in [4.69, 9.17) is 9.47 Å². The quantitative estimate of drug-likeness (QED) is 0.563. The molecule has 1 aromatic carbocycles. The van der Waals surface area contributed by atoms with Gasteiger partial charge in [0.15, 0.2) is 0 Å². The number of carbonyl (C=O) groups is 2. The number of nitrogens with zero attached hydrogens (tertiary/aromatic N) is 1. The molecular weight excluding hydrogens is 332 g/mol. The molecule has 6 nitrogen and oxygen atoms in total. The van der Waals surface area contributed by atoms with E-state index in [1.807, 2.05) is 37.3 Å². The summed E-state index contributed by atoms with van der Waals surface area (Å²) in [5.74, 6) is -0.432. The van der Waals surface area contributed by atoms with E-state index < -0.39 is 6.04 Å². The Balaban J connectivity index is 0.00000288. The molecule has 1 heterocycles. The predicted molar refractivity (Wildman–Crippen MR) is 93.0 cm³/mol. The highest BCUT2D eigenvalue weighted by molar-refractivity contribution is 5.87. The molecule has 1 saturated heterocycles. The highest BCUT2D eigenvalue weighted by Crippen LogP contribution is 2.08. The number of amides is 1. The summed E-state index contributed by atoms with van der Waals surface area (Å²) in [7, 11) is 0. The van der Waals surface area contributed by atoms with Crippen LogP contribution in [0.3, 0.4) is 0 Å². The van der Waals surface area contributed by atoms with E-state index in [2.05, 4.69) is 5.32 Å². The van der Waals surface area contributed by atoms with Crippen LogP contribution in [0.4, 0.5) is 0 Å². The average Bonchev–Trinajstić information content (AvgIpc) is 2.57. The van der Waals surface area contributed by atoms with Gasteiger partial charge >= 0.3 is 5.97 Å². The molecule has 2 rings (SSSR count). The SMILES string of the molecule is CCOCCN1CCNC(CC(=O)OCc2ccccc2)C1=O.Cl. The van der Waals surface area contributed by atoms with Gasteiger partial charge in [0.05, 0.1) is 19.1 Å². The van der Waals surface area contributed by atoms with Gasteiger partial charge in [0.2, 0.25) is 5.91 Å². The summed E-state index contributed by atoms with van der Waals surface area (Å²) in [6, 6.07) is 8.98. The molecular formula is C17H25ClN2O4. The fourth-order valence-corrected chi connectivity index (χ4v) is 2.46. The molecule has 1 atom stereocenters. The molecule has 0 spiro atoms. The molecule has 1 amide bonds. The first-order valence-corrected chi connectivity index (χ1v) is 8.00.